The first-order valence-electron chi connectivity index (χ1n) is 9.53. The van der Waals surface area contributed by atoms with E-state index in [1.54, 1.807) is 38.5 Å². The lowest BCUT2D eigenvalue weighted by Crippen LogP contribution is -2.38. The van der Waals surface area contributed by atoms with E-state index in [1.165, 1.54) is 12.1 Å². The van der Waals surface area contributed by atoms with Crippen LogP contribution in [0.1, 0.15) is 42.2 Å². The fourth-order valence-electron chi connectivity index (χ4n) is 4.30. The van der Waals surface area contributed by atoms with Crippen molar-refractivity contribution in [1.82, 2.24) is 5.32 Å². The average Bonchev–Trinajstić information content (AvgIpc) is 2.72. The van der Waals surface area contributed by atoms with Crippen molar-refractivity contribution in [3.05, 3.63) is 70.7 Å². The maximum Gasteiger partial charge on any atom is 0.225 e. The van der Waals surface area contributed by atoms with Crippen LogP contribution in [0, 0.1) is 5.82 Å². The van der Waals surface area contributed by atoms with E-state index in [9.17, 15) is 14.0 Å². The van der Waals surface area contributed by atoms with Crippen LogP contribution in [0.3, 0.4) is 0 Å². The highest BCUT2D eigenvalue weighted by atomic mass is 19.1. The Morgan fingerprint density at radius 2 is 1.72 bits per heavy atom. The van der Waals surface area contributed by atoms with Crippen molar-refractivity contribution < 1.29 is 23.5 Å². The predicted molar refractivity (Wildman–Crippen MR) is 105 cm³/mol. The molecule has 0 aromatic heterocycles. The molecule has 29 heavy (non-hydrogen) atoms. The molecule has 0 saturated heterocycles. The van der Waals surface area contributed by atoms with Crippen molar-refractivity contribution in [2.24, 2.45) is 0 Å². The number of methoxy groups -OCH3 is 2. The number of ether oxygens (including phenoxy) is 2. The third kappa shape index (κ3) is 3.62. The third-order valence-corrected chi connectivity index (χ3v) is 5.69. The number of rotatable bonds is 4. The van der Waals surface area contributed by atoms with Crippen LogP contribution in [0.4, 0.5) is 4.39 Å². The molecule has 2 aromatic rings. The lowest BCUT2D eigenvalue weighted by Gasteiger charge is -2.35. The molecule has 2 aromatic carbocycles. The summed E-state index contributed by atoms with van der Waals surface area (Å²) in [5.41, 5.74) is 3.00. The highest BCUT2D eigenvalue weighted by Crippen LogP contribution is 2.45. The van der Waals surface area contributed by atoms with Crippen LogP contribution in [0.25, 0.3) is 0 Å². The summed E-state index contributed by atoms with van der Waals surface area (Å²) >= 11 is 0. The average molecular weight is 395 g/mol. The van der Waals surface area contributed by atoms with Crippen LogP contribution in [0.2, 0.25) is 0 Å². The molecule has 1 N–H and O–H groups in total. The molecule has 150 valence electrons. The Morgan fingerprint density at radius 1 is 0.966 bits per heavy atom. The monoisotopic (exact) mass is 395 g/mol. The molecule has 0 bridgehead atoms. The summed E-state index contributed by atoms with van der Waals surface area (Å²) in [4.78, 5) is 25.6. The molecule has 5 nitrogen and oxygen atoms in total. The van der Waals surface area contributed by atoms with Crippen LogP contribution >= 0.6 is 0 Å². The number of amides is 1. The van der Waals surface area contributed by atoms with Gasteiger partial charge in [0.05, 0.1) is 14.2 Å². The summed E-state index contributed by atoms with van der Waals surface area (Å²) in [6.45, 7) is 0. The molecule has 2 aliphatic rings. The quantitative estimate of drug-likeness (QED) is 0.854. The van der Waals surface area contributed by atoms with E-state index in [1.807, 2.05) is 6.07 Å². The number of nitrogens with one attached hydrogen (secondary N) is 1. The molecule has 0 spiro atoms. The lowest BCUT2D eigenvalue weighted by atomic mass is 9.73. The van der Waals surface area contributed by atoms with Crippen LogP contribution < -0.4 is 14.8 Å². The fraction of sp³-hybridized carbons (Fsp3) is 0.304. The minimum atomic E-state index is -0.360. The van der Waals surface area contributed by atoms with E-state index in [2.05, 4.69) is 5.32 Å². The van der Waals surface area contributed by atoms with Gasteiger partial charge in [-0.25, -0.2) is 4.39 Å². The minimum absolute atomic E-state index is 0.00319. The number of carbonyl (C=O) groups excluding carboxylic acids is 2. The Hall–Kier alpha value is -3.15. The number of hydrogen-bond acceptors (Lipinski definition) is 4. The summed E-state index contributed by atoms with van der Waals surface area (Å²) in [5.74, 6) is 0.353. The molecule has 0 radical (unpaired) electrons. The number of benzene rings is 2. The second-order valence-electron chi connectivity index (χ2n) is 7.38. The number of hydrogen-bond donors (Lipinski definition) is 1. The number of Topliss-reactive ketones (excluding diaryl/α,β-unsaturated/α-hetero) is 1. The molecule has 1 aliphatic heterocycles. The molecular weight excluding hydrogens is 373 g/mol. The summed E-state index contributed by atoms with van der Waals surface area (Å²) in [6.07, 6.45) is 1.05. The van der Waals surface area contributed by atoms with Gasteiger partial charge in [0.15, 0.2) is 5.78 Å². The van der Waals surface area contributed by atoms with E-state index < -0.39 is 0 Å². The first-order chi connectivity index (χ1) is 14.0. The number of carbonyl (C=O) groups is 2. The Kier molecular flexibility index (Phi) is 5.09. The van der Waals surface area contributed by atoms with Crippen molar-refractivity contribution in [2.45, 2.75) is 31.1 Å². The van der Waals surface area contributed by atoms with Crippen molar-refractivity contribution in [3.8, 4) is 11.5 Å². The summed E-state index contributed by atoms with van der Waals surface area (Å²) in [6, 6.07) is 11.6. The second kappa shape index (κ2) is 7.70. The minimum Gasteiger partial charge on any atom is -0.497 e. The molecule has 4 rings (SSSR count). The molecular formula is C23H22FNO4. The van der Waals surface area contributed by atoms with Gasteiger partial charge in [-0.05, 0) is 36.1 Å². The fourth-order valence-corrected chi connectivity index (χ4v) is 4.30. The highest BCUT2D eigenvalue weighted by Gasteiger charge is 2.39. The molecule has 0 unspecified atom stereocenters. The standard InChI is InChI=1S/C23H22FNO4/c1-28-16-7-8-17(21(11-16)29-2)18-12-22(27)25-19-9-14(10-20(26)23(18)19)13-3-5-15(24)6-4-13/h3-8,11,14,18H,9-10,12H2,1-2H3,(H,25,27)/t14-,18+/m1/s1. The molecule has 0 fully saturated rings. The van der Waals surface area contributed by atoms with Gasteiger partial charge in [-0.3, -0.25) is 9.59 Å². The molecule has 2 atom stereocenters. The van der Waals surface area contributed by atoms with Gasteiger partial charge in [0.1, 0.15) is 17.3 Å². The topological polar surface area (TPSA) is 64.6 Å². The van der Waals surface area contributed by atoms with Gasteiger partial charge in [-0.2, -0.15) is 0 Å². The predicted octanol–water partition coefficient (Wildman–Crippen LogP) is 3.85. The smallest absolute Gasteiger partial charge is 0.225 e. The summed E-state index contributed by atoms with van der Waals surface area (Å²) in [5, 5.41) is 2.90. The van der Waals surface area contributed by atoms with E-state index in [0.717, 1.165) is 11.1 Å². The lowest BCUT2D eigenvalue weighted by molar-refractivity contribution is -0.122. The Labute approximate surface area is 168 Å². The number of ketones is 1. The van der Waals surface area contributed by atoms with Crippen molar-refractivity contribution in [1.29, 1.82) is 0 Å². The van der Waals surface area contributed by atoms with Crippen molar-refractivity contribution in [2.75, 3.05) is 14.2 Å². The van der Waals surface area contributed by atoms with Crippen LogP contribution in [0.5, 0.6) is 11.5 Å². The van der Waals surface area contributed by atoms with E-state index in [-0.39, 0.29) is 35.8 Å². The molecule has 6 heteroatoms. The first-order valence-corrected chi connectivity index (χ1v) is 9.53. The van der Waals surface area contributed by atoms with Crippen LogP contribution in [-0.2, 0) is 9.59 Å². The highest BCUT2D eigenvalue weighted by molar-refractivity contribution is 6.02. The second-order valence-corrected chi connectivity index (χ2v) is 7.38. The molecule has 0 saturated carbocycles. The van der Waals surface area contributed by atoms with Crippen molar-refractivity contribution >= 4 is 11.7 Å². The number of halogens is 1. The Morgan fingerprint density at radius 3 is 2.41 bits per heavy atom. The maximum absolute atomic E-state index is 13.3. The van der Waals surface area contributed by atoms with Gasteiger partial charge >= 0.3 is 0 Å². The number of allylic oxidation sites excluding steroid dienone is 2. The zero-order valence-corrected chi connectivity index (χ0v) is 16.3. The third-order valence-electron chi connectivity index (χ3n) is 5.69. The molecule has 1 aliphatic carbocycles. The van der Waals surface area contributed by atoms with Crippen LogP contribution in [-0.4, -0.2) is 25.9 Å². The zero-order chi connectivity index (χ0) is 20.5. The van der Waals surface area contributed by atoms with Gasteiger partial charge in [0, 0.05) is 41.7 Å². The molecule has 1 heterocycles. The first kappa shape index (κ1) is 19.2. The van der Waals surface area contributed by atoms with Gasteiger partial charge in [-0.1, -0.05) is 18.2 Å². The van der Waals surface area contributed by atoms with Crippen molar-refractivity contribution in [3.63, 3.8) is 0 Å². The summed E-state index contributed by atoms with van der Waals surface area (Å²) < 4.78 is 24.0. The maximum atomic E-state index is 13.3. The van der Waals surface area contributed by atoms with E-state index in [0.29, 0.717) is 35.6 Å². The normalized spacial score (nSPS) is 21.5. The van der Waals surface area contributed by atoms with Gasteiger partial charge < -0.3 is 14.8 Å². The Balaban J connectivity index is 1.73. The van der Waals surface area contributed by atoms with E-state index >= 15 is 0 Å². The van der Waals surface area contributed by atoms with Crippen LogP contribution in [0.15, 0.2) is 53.7 Å². The molecule has 1 amide bonds. The zero-order valence-electron chi connectivity index (χ0n) is 16.3. The SMILES string of the molecule is COc1ccc([C@@H]2CC(=O)NC3=C2C(=O)C[C@H](c2ccc(F)cc2)C3)c(OC)c1. The summed E-state index contributed by atoms with van der Waals surface area (Å²) in [7, 11) is 3.13. The largest absolute Gasteiger partial charge is 0.497 e. The van der Waals surface area contributed by atoms with Gasteiger partial charge in [-0.15, -0.1) is 0 Å². The Bertz CT molecular complexity index is 996. The van der Waals surface area contributed by atoms with Gasteiger partial charge in [0.2, 0.25) is 5.91 Å². The van der Waals surface area contributed by atoms with E-state index in [4.69, 9.17) is 9.47 Å². The van der Waals surface area contributed by atoms with Gasteiger partial charge in [0.25, 0.3) is 0 Å².